The van der Waals surface area contributed by atoms with Crippen LogP contribution >= 0.6 is 0 Å². The molecule has 1 aromatic carbocycles. The monoisotopic (exact) mass is 199 g/mol. The van der Waals surface area contributed by atoms with Gasteiger partial charge in [0.25, 0.3) is 0 Å². The van der Waals surface area contributed by atoms with E-state index in [1.165, 1.54) is 26.2 Å². The second-order valence-corrected chi connectivity index (χ2v) is 3.15. The Morgan fingerprint density at radius 2 is 2.14 bits per heavy atom. The first-order chi connectivity index (χ1) is 6.56. The minimum Gasteiger partial charge on any atom is -0.497 e. The average Bonchev–Trinajstić information content (AvgIpc) is 2.16. The molecule has 0 saturated heterocycles. The summed E-state index contributed by atoms with van der Waals surface area (Å²) >= 11 is 0. The maximum atomic E-state index is 13.4. The van der Waals surface area contributed by atoms with Crippen molar-refractivity contribution in [2.75, 3.05) is 7.11 Å². The summed E-state index contributed by atoms with van der Waals surface area (Å²) < 4.78 is 18.2. The van der Waals surface area contributed by atoms with Crippen molar-refractivity contribution in [2.45, 2.75) is 19.1 Å². The highest BCUT2D eigenvalue weighted by molar-refractivity contribution is 5.31. The summed E-state index contributed by atoms with van der Waals surface area (Å²) in [6.45, 7) is 1.52. The van der Waals surface area contributed by atoms with Crippen LogP contribution in [0.2, 0.25) is 0 Å². The van der Waals surface area contributed by atoms with Crippen LogP contribution in [0.3, 0.4) is 0 Å². The Bertz CT molecular complexity index is 315. The summed E-state index contributed by atoms with van der Waals surface area (Å²) in [5.41, 5.74) is 5.89. The van der Waals surface area contributed by atoms with Crippen molar-refractivity contribution in [1.82, 2.24) is 0 Å². The highest BCUT2D eigenvalue weighted by Crippen LogP contribution is 2.22. The molecule has 0 radical (unpaired) electrons. The molecule has 0 saturated carbocycles. The van der Waals surface area contributed by atoms with Gasteiger partial charge in [-0.1, -0.05) is 6.07 Å². The van der Waals surface area contributed by atoms with Crippen LogP contribution in [0.1, 0.15) is 18.5 Å². The van der Waals surface area contributed by atoms with Crippen molar-refractivity contribution in [2.24, 2.45) is 5.73 Å². The first-order valence-corrected chi connectivity index (χ1v) is 4.33. The van der Waals surface area contributed by atoms with Crippen LogP contribution in [-0.4, -0.2) is 18.3 Å². The van der Waals surface area contributed by atoms with E-state index >= 15 is 0 Å². The topological polar surface area (TPSA) is 55.5 Å². The van der Waals surface area contributed by atoms with Crippen LogP contribution in [0, 0.1) is 5.82 Å². The van der Waals surface area contributed by atoms with Gasteiger partial charge in [0.15, 0.2) is 0 Å². The Hall–Kier alpha value is -1.13. The standard InChI is InChI=1S/C10H14FNO2/c1-6(13)10(12)8-4-3-7(14-2)5-9(8)11/h3-6,10,13H,12H2,1-2H3. The summed E-state index contributed by atoms with van der Waals surface area (Å²) in [5, 5.41) is 9.20. The SMILES string of the molecule is COc1ccc(C(N)C(C)O)c(F)c1. The highest BCUT2D eigenvalue weighted by atomic mass is 19.1. The first kappa shape index (κ1) is 10.9. The van der Waals surface area contributed by atoms with E-state index in [9.17, 15) is 9.50 Å². The minimum atomic E-state index is -0.780. The van der Waals surface area contributed by atoms with Gasteiger partial charge in [-0.3, -0.25) is 0 Å². The number of aliphatic hydroxyl groups is 1. The molecule has 0 aliphatic rings. The van der Waals surface area contributed by atoms with Gasteiger partial charge in [0, 0.05) is 11.6 Å². The molecular weight excluding hydrogens is 185 g/mol. The van der Waals surface area contributed by atoms with E-state index in [1.54, 1.807) is 6.07 Å². The van der Waals surface area contributed by atoms with E-state index in [2.05, 4.69) is 0 Å². The normalized spacial score (nSPS) is 14.9. The molecule has 1 rings (SSSR count). The van der Waals surface area contributed by atoms with Crippen LogP contribution in [0.4, 0.5) is 4.39 Å². The predicted molar refractivity (Wildman–Crippen MR) is 51.6 cm³/mol. The van der Waals surface area contributed by atoms with Crippen molar-refractivity contribution in [3.8, 4) is 5.75 Å². The molecule has 0 heterocycles. The molecule has 1 aromatic rings. The van der Waals surface area contributed by atoms with Gasteiger partial charge >= 0.3 is 0 Å². The maximum absolute atomic E-state index is 13.4. The molecule has 0 amide bonds. The summed E-state index contributed by atoms with van der Waals surface area (Å²) in [7, 11) is 1.46. The number of benzene rings is 1. The molecule has 0 aliphatic heterocycles. The van der Waals surface area contributed by atoms with Gasteiger partial charge in [-0.15, -0.1) is 0 Å². The fourth-order valence-electron chi connectivity index (χ4n) is 1.17. The van der Waals surface area contributed by atoms with E-state index in [-0.39, 0.29) is 0 Å². The van der Waals surface area contributed by atoms with Gasteiger partial charge in [-0.2, -0.15) is 0 Å². The van der Waals surface area contributed by atoms with Crippen molar-refractivity contribution in [3.63, 3.8) is 0 Å². The number of hydrogen-bond acceptors (Lipinski definition) is 3. The predicted octanol–water partition coefficient (Wildman–Crippen LogP) is 1.21. The quantitative estimate of drug-likeness (QED) is 0.769. The summed E-state index contributed by atoms with van der Waals surface area (Å²) in [6.07, 6.45) is -0.780. The number of nitrogens with two attached hydrogens (primary N) is 1. The minimum absolute atomic E-state index is 0.292. The molecule has 4 heteroatoms. The molecule has 14 heavy (non-hydrogen) atoms. The number of halogens is 1. The van der Waals surface area contributed by atoms with E-state index < -0.39 is 18.0 Å². The van der Waals surface area contributed by atoms with Gasteiger partial charge in [0.1, 0.15) is 11.6 Å². The van der Waals surface area contributed by atoms with Crippen LogP contribution < -0.4 is 10.5 Å². The molecular formula is C10H14FNO2. The molecule has 3 N–H and O–H groups in total. The van der Waals surface area contributed by atoms with Crippen molar-refractivity contribution in [3.05, 3.63) is 29.6 Å². The fraction of sp³-hybridized carbons (Fsp3) is 0.400. The zero-order valence-corrected chi connectivity index (χ0v) is 8.20. The lowest BCUT2D eigenvalue weighted by Gasteiger charge is -2.16. The second-order valence-electron chi connectivity index (χ2n) is 3.15. The Labute approximate surface area is 82.3 Å². The Morgan fingerprint density at radius 3 is 2.57 bits per heavy atom. The highest BCUT2D eigenvalue weighted by Gasteiger charge is 2.16. The zero-order chi connectivity index (χ0) is 10.7. The lowest BCUT2D eigenvalue weighted by atomic mass is 10.0. The van der Waals surface area contributed by atoms with E-state index in [0.29, 0.717) is 11.3 Å². The Morgan fingerprint density at radius 1 is 1.50 bits per heavy atom. The Kier molecular flexibility index (Phi) is 3.43. The maximum Gasteiger partial charge on any atom is 0.131 e. The third-order valence-corrected chi connectivity index (χ3v) is 2.09. The van der Waals surface area contributed by atoms with Crippen LogP contribution in [0.25, 0.3) is 0 Å². The lowest BCUT2D eigenvalue weighted by molar-refractivity contribution is 0.162. The number of methoxy groups -OCH3 is 1. The largest absolute Gasteiger partial charge is 0.497 e. The van der Waals surface area contributed by atoms with Gasteiger partial charge in [-0.05, 0) is 13.0 Å². The van der Waals surface area contributed by atoms with Crippen molar-refractivity contribution >= 4 is 0 Å². The zero-order valence-electron chi connectivity index (χ0n) is 8.20. The lowest BCUT2D eigenvalue weighted by Crippen LogP contribution is -2.24. The first-order valence-electron chi connectivity index (χ1n) is 4.33. The van der Waals surface area contributed by atoms with Crippen molar-refractivity contribution < 1.29 is 14.2 Å². The molecule has 0 spiro atoms. The second kappa shape index (κ2) is 4.39. The third-order valence-electron chi connectivity index (χ3n) is 2.09. The van der Waals surface area contributed by atoms with E-state index in [0.717, 1.165) is 0 Å². The van der Waals surface area contributed by atoms with Gasteiger partial charge < -0.3 is 15.6 Å². The summed E-state index contributed by atoms with van der Waals surface area (Å²) in [5.74, 6) is -0.0261. The van der Waals surface area contributed by atoms with Gasteiger partial charge in [-0.25, -0.2) is 4.39 Å². The number of ether oxygens (including phenoxy) is 1. The number of hydrogen-bond donors (Lipinski definition) is 2. The molecule has 0 fully saturated rings. The van der Waals surface area contributed by atoms with Crippen LogP contribution in [0.15, 0.2) is 18.2 Å². The molecule has 0 aliphatic carbocycles. The van der Waals surface area contributed by atoms with Gasteiger partial charge in [0.2, 0.25) is 0 Å². The van der Waals surface area contributed by atoms with E-state index in [4.69, 9.17) is 10.5 Å². The molecule has 0 aromatic heterocycles. The number of rotatable bonds is 3. The molecule has 0 bridgehead atoms. The molecule has 3 nitrogen and oxygen atoms in total. The molecule has 2 atom stereocenters. The fourth-order valence-corrected chi connectivity index (χ4v) is 1.17. The van der Waals surface area contributed by atoms with Crippen molar-refractivity contribution in [1.29, 1.82) is 0 Å². The number of aliphatic hydroxyl groups excluding tert-OH is 1. The molecule has 78 valence electrons. The summed E-state index contributed by atoms with van der Waals surface area (Å²) in [4.78, 5) is 0. The summed E-state index contributed by atoms with van der Waals surface area (Å²) in [6, 6.07) is 3.67. The van der Waals surface area contributed by atoms with Gasteiger partial charge in [0.05, 0.1) is 19.3 Å². The van der Waals surface area contributed by atoms with Crippen LogP contribution in [0.5, 0.6) is 5.75 Å². The smallest absolute Gasteiger partial charge is 0.131 e. The average molecular weight is 199 g/mol. The van der Waals surface area contributed by atoms with Crippen LogP contribution in [-0.2, 0) is 0 Å². The molecule has 2 unspecified atom stereocenters. The van der Waals surface area contributed by atoms with E-state index in [1.807, 2.05) is 0 Å². The third kappa shape index (κ3) is 2.21. The Balaban J connectivity index is 2.99.